The van der Waals surface area contributed by atoms with Gasteiger partial charge in [-0.2, -0.15) is 0 Å². The molecule has 0 aliphatic heterocycles. The van der Waals surface area contributed by atoms with Crippen LogP contribution in [0.2, 0.25) is 0 Å². The second-order valence-corrected chi connectivity index (χ2v) is 6.96. The minimum atomic E-state index is 0.113. The molecule has 120 valence electrons. The molecule has 0 saturated heterocycles. The normalized spacial score (nSPS) is 14.2. The lowest BCUT2D eigenvalue weighted by Crippen LogP contribution is -2.27. The molecular formula is C20H18N2OS. The Morgan fingerprint density at radius 3 is 2.29 bits per heavy atom. The number of hydrogen-bond acceptors (Lipinski definition) is 3. The van der Waals surface area contributed by atoms with Crippen molar-refractivity contribution in [1.29, 1.82) is 0 Å². The molecular weight excluding hydrogens is 316 g/mol. The molecule has 1 heterocycles. The highest BCUT2D eigenvalue weighted by Crippen LogP contribution is 2.30. The standard InChI is InChI=1S/C20H18N2OS/c23-19(17-7-4-8-17)22-20-21-18(13-24-20)16-11-9-15(10-12-16)14-5-2-1-3-6-14/h1-3,5-6,9-13,17H,4,7-8H2,(H,21,22,23). The molecule has 1 aliphatic carbocycles. The molecule has 24 heavy (non-hydrogen) atoms. The van der Waals surface area contributed by atoms with Gasteiger partial charge < -0.3 is 5.32 Å². The van der Waals surface area contributed by atoms with Crippen molar-refractivity contribution in [3.8, 4) is 22.4 Å². The molecule has 0 atom stereocenters. The molecule has 2 aromatic carbocycles. The van der Waals surface area contributed by atoms with Gasteiger partial charge in [-0.25, -0.2) is 4.98 Å². The molecule has 4 heteroatoms. The maximum Gasteiger partial charge on any atom is 0.229 e. The molecule has 0 radical (unpaired) electrons. The van der Waals surface area contributed by atoms with Crippen molar-refractivity contribution >= 4 is 22.4 Å². The zero-order chi connectivity index (χ0) is 16.4. The van der Waals surface area contributed by atoms with Crippen LogP contribution in [0.5, 0.6) is 0 Å². The first-order valence-electron chi connectivity index (χ1n) is 8.22. The lowest BCUT2D eigenvalue weighted by atomic mass is 9.85. The van der Waals surface area contributed by atoms with Crippen LogP contribution in [0.15, 0.2) is 60.0 Å². The second kappa shape index (κ2) is 6.57. The van der Waals surface area contributed by atoms with Crippen molar-refractivity contribution in [2.75, 3.05) is 5.32 Å². The average molecular weight is 334 g/mol. The third-order valence-corrected chi connectivity index (χ3v) is 5.26. The van der Waals surface area contributed by atoms with Crippen LogP contribution in [0.3, 0.4) is 0 Å². The lowest BCUT2D eigenvalue weighted by Gasteiger charge is -2.23. The average Bonchev–Trinajstić information content (AvgIpc) is 3.02. The molecule has 1 N–H and O–H groups in total. The first-order chi connectivity index (χ1) is 11.8. The minimum Gasteiger partial charge on any atom is -0.302 e. The van der Waals surface area contributed by atoms with Gasteiger partial charge in [-0.05, 0) is 24.0 Å². The highest BCUT2D eigenvalue weighted by molar-refractivity contribution is 7.14. The van der Waals surface area contributed by atoms with E-state index in [1.165, 1.54) is 22.5 Å². The number of rotatable bonds is 4. The number of hydrogen-bond donors (Lipinski definition) is 1. The molecule has 1 amide bonds. The van der Waals surface area contributed by atoms with E-state index >= 15 is 0 Å². The molecule has 4 rings (SSSR count). The topological polar surface area (TPSA) is 42.0 Å². The summed E-state index contributed by atoms with van der Waals surface area (Å²) in [4.78, 5) is 16.5. The predicted octanol–water partition coefficient (Wildman–Crippen LogP) is 5.22. The highest BCUT2D eigenvalue weighted by Gasteiger charge is 2.25. The Balaban J connectivity index is 1.49. The van der Waals surface area contributed by atoms with Crippen molar-refractivity contribution in [1.82, 2.24) is 4.98 Å². The van der Waals surface area contributed by atoms with Crippen LogP contribution >= 0.6 is 11.3 Å². The minimum absolute atomic E-state index is 0.113. The van der Waals surface area contributed by atoms with E-state index in [1.807, 2.05) is 23.6 Å². The monoisotopic (exact) mass is 334 g/mol. The van der Waals surface area contributed by atoms with Crippen molar-refractivity contribution < 1.29 is 4.79 Å². The summed E-state index contributed by atoms with van der Waals surface area (Å²) in [6.07, 6.45) is 3.17. The fraction of sp³-hybridized carbons (Fsp3) is 0.200. The summed E-state index contributed by atoms with van der Waals surface area (Å²) in [6.45, 7) is 0. The van der Waals surface area contributed by atoms with Crippen LogP contribution < -0.4 is 5.32 Å². The quantitative estimate of drug-likeness (QED) is 0.711. The summed E-state index contributed by atoms with van der Waals surface area (Å²) in [5.41, 5.74) is 4.36. The van der Waals surface area contributed by atoms with Gasteiger partial charge in [0.25, 0.3) is 0 Å². The number of carbonyl (C=O) groups is 1. The van der Waals surface area contributed by atoms with E-state index in [0.717, 1.165) is 30.5 Å². The van der Waals surface area contributed by atoms with E-state index in [9.17, 15) is 4.79 Å². The maximum absolute atomic E-state index is 12.0. The van der Waals surface area contributed by atoms with Crippen LogP contribution in [0.1, 0.15) is 19.3 Å². The first-order valence-corrected chi connectivity index (χ1v) is 9.10. The summed E-state index contributed by atoms with van der Waals surface area (Å²) in [5, 5.41) is 5.62. The van der Waals surface area contributed by atoms with Crippen molar-refractivity contribution in [2.45, 2.75) is 19.3 Å². The van der Waals surface area contributed by atoms with Gasteiger partial charge in [0, 0.05) is 16.9 Å². The van der Waals surface area contributed by atoms with E-state index in [1.54, 1.807) is 0 Å². The summed E-state index contributed by atoms with van der Waals surface area (Å²) < 4.78 is 0. The zero-order valence-corrected chi connectivity index (χ0v) is 14.1. The molecule has 0 unspecified atom stereocenters. The molecule has 3 aromatic rings. The lowest BCUT2D eigenvalue weighted by molar-refractivity contribution is -0.122. The fourth-order valence-electron chi connectivity index (χ4n) is 2.81. The van der Waals surface area contributed by atoms with E-state index in [4.69, 9.17) is 0 Å². The molecule has 1 aliphatic rings. The van der Waals surface area contributed by atoms with Gasteiger partial charge in [-0.1, -0.05) is 61.0 Å². The number of aromatic nitrogens is 1. The number of benzene rings is 2. The van der Waals surface area contributed by atoms with Gasteiger partial charge in [0.2, 0.25) is 5.91 Å². The molecule has 1 fully saturated rings. The van der Waals surface area contributed by atoms with Crippen molar-refractivity contribution in [3.05, 3.63) is 60.0 Å². The summed E-state index contributed by atoms with van der Waals surface area (Å²) in [5.74, 6) is 0.295. The Labute approximate surface area is 145 Å². The van der Waals surface area contributed by atoms with E-state index in [-0.39, 0.29) is 11.8 Å². The smallest absolute Gasteiger partial charge is 0.229 e. The number of thiazole rings is 1. The van der Waals surface area contributed by atoms with E-state index in [0.29, 0.717) is 5.13 Å². The number of anilines is 1. The first kappa shape index (κ1) is 15.1. The number of nitrogens with one attached hydrogen (secondary N) is 1. The number of amides is 1. The van der Waals surface area contributed by atoms with Crippen LogP contribution in [0, 0.1) is 5.92 Å². The number of nitrogens with zero attached hydrogens (tertiary/aromatic N) is 1. The zero-order valence-electron chi connectivity index (χ0n) is 13.2. The summed E-state index contributed by atoms with van der Waals surface area (Å²) >= 11 is 1.48. The molecule has 1 saturated carbocycles. The molecule has 0 bridgehead atoms. The Bertz CT molecular complexity index is 836. The van der Waals surface area contributed by atoms with Crippen LogP contribution in [0.25, 0.3) is 22.4 Å². The van der Waals surface area contributed by atoms with Gasteiger partial charge in [-0.3, -0.25) is 4.79 Å². The molecule has 3 nitrogen and oxygen atoms in total. The Hall–Kier alpha value is -2.46. The third kappa shape index (κ3) is 3.10. The summed E-state index contributed by atoms with van der Waals surface area (Å²) in [6, 6.07) is 18.7. The van der Waals surface area contributed by atoms with Gasteiger partial charge in [0.1, 0.15) is 0 Å². The highest BCUT2D eigenvalue weighted by atomic mass is 32.1. The van der Waals surface area contributed by atoms with E-state index < -0.39 is 0 Å². The third-order valence-electron chi connectivity index (χ3n) is 4.50. The Morgan fingerprint density at radius 1 is 0.958 bits per heavy atom. The molecule has 1 aromatic heterocycles. The Morgan fingerprint density at radius 2 is 1.62 bits per heavy atom. The number of carbonyl (C=O) groups excluding carboxylic acids is 1. The van der Waals surface area contributed by atoms with Gasteiger partial charge in [0.05, 0.1) is 5.69 Å². The van der Waals surface area contributed by atoms with Gasteiger partial charge in [-0.15, -0.1) is 11.3 Å². The second-order valence-electron chi connectivity index (χ2n) is 6.10. The van der Waals surface area contributed by atoms with E-state index in [2.05, 4.69) is 46.7 Å². The molecule has 0 spiro atoms. The maximum atomic E-state index is 12.0. The van der Waals surface area contributed by atoms with Crippen molar-refractivity contribution in [2.24, 2.45) is 5.92 Å². The fourth-order valence-corrected chi connectivity index (χ4v) is 3.53. The summed E-state index contributed by atoms with van der Waals surface area (Å²) in [7, 11) is 0. The SMILES string of the molecule is O=C(Nc1nc(-c2ccc(-c3ccccc3)cc2)cs1)C1CCC1. The van der Waals surface area contributed by atoms with Gasteiger partial charge in [0.15, 0.2) is 5.13 Å². The Kier molecular flexibility index (Phi) is 4.13. The predicted molar refractivity (Wildman–Crippen MR) is 99.0 cm³/mol. The van der Waals surface area contributed by atoms with Crippen LogP contribution in [-0.4, -0.2) is 10.9 Å². The largest absolute Gasteiger partial charge is 0.302 e. The van der Waals surface area contributed by atoms with Gasteiger partial charge >= 0.3 is 0 Å². The van der Waals surface area contributed by atoms with Crippen molar-refractivity contribution in [3.63, 3.8) is 0 Å². The van der Waals surface area contributed by atoms with Crippen LogP contribution in [-0.2, 0) is 4.79 Å². The van der Waals surface area contributed by atoms with Crippen LogP contribution in [0.4, 0.5) is 5.13 Å².